The predicted molar refractivity (Wildman–Crippen MR) is 85.2 cm³/mol. The lowest BCUT2D eigenvalue weighted by Crippen LogP contribution is -2.24. The number of hydrogen-bond donors (Lipinski definition) is 1. The van der Waals surface area contributed by atoms with E-state index in [4.69, 9.17) is 0 Å². The van der Waals surface area contributed by atoms with Crippen LogP contribution in [0.4, 0.5) is 0 Å². The Kier molecular flexibility index (Phi) is 4.18. The highest BCUT2D eigenvalue weighted by atomic mass is 32.1. The van der Waals surface area contributed by atoms with Gasteiger partial charge in [0.1, 0.15) is 0 Å². The maximum absolute atomic E-state index is 4.43. The molecule has 0 amide bonds. The van der Waals surface area contributed by atoms with Crippen LogP contribution in [0.1, 0.15) is 47.9 Å². The summed E-state index contributed by atoms with van der Waals surface area (Å²) in [5, 5.41) is 3.74. The Hall–Kier alpha value is -1.19. The second kappa shape index (κ2) is 6.06. The summed E-state index contributed by atoms with van der Waals surface area (Å²) in [6.45, 7) is 5.44. The number of nitrogens with zero attached hydrogens (tertiary/aromatic N) is 1. The molecule has 0 radical (unpaired) electrons. The first-order chi connectivity index (χ1) is 9.81. The highest BCUT2D eigenvalue weighted by Crippen LogP contribution is 2.54. The molecular weight excluding hydrogens is 264 g/mol. The minimum atomic E-state index is 0.479. The molecule has 3 rings (SSSR count). The first kappa shape index (κ1) is 13.8. The van der Waals surface area contributed by atoms with Crippen LogP contribution < -0.4 is 5.32 Å². The van der Waals surface area contributed by atoms with Crippen LogP contribution in [0.3, 0.4) is 0 Å². The molecule has 0 bridgehead atoms. The molecule has 0 saturated heterocycles. The minimum Gasteiger partial charge on any atom is -0.309 e. The predicted octanol–water partition coefficient (Wildman–Crippen LogP) is 4.30. The van der Waals surface area contributed by atoms with E-state index in [1.807, 2.05) is 5.51 Å². The van der Waals surface area contributed by atoms with Gasteiger partial charge < -0.3 is 5.32 Å². The standard InChI is InChI=1S/C17H22N2S/c1-3-9-18-16(17-12(2)19-11-20-17)15-10-14(15)13-7-5-4-6-8-13/h4-8,11,14-16,18H,3,9-10H2,1-2H3. The van der Waals surface area contributed by atoms with Crippen LogP contribution in [-0.4, -0.2) is 11.5 Å². The van der Waals surface area contributed by atoms with Crippen LogP contribution >= 0.6 is 11.3 Å². The van der Waals surface area contributed by atoms with Gasteiger partial charge in [-0.15, -0.1) is 11.3 Å². The van der Waals surface area contributed by atoms with Crippen molar-refractivity contribution in [2.24, 2.45) is 5.92 Å². The molecular formula is C17H22N2S. The van der Waals surface area contributed by atoms with Crippen molar-refractivity contribution in [2.75, 3.05) is 6.54 Å². The molecule has 1 aliphatic carbocycles. The lowest BCUT2D eigenvalue weighted by molar-refractivity contribution is 0.477. The average Bonchev–Trinajstić information content (AvgIpc) is 3.16. The molecule has 1 heterocycles. The SMILES string of the molecule is CCCNC(c1scnc1C)C1CC1c1ccccc1. The van der Waals surface area contributed by atoms with Gasteiger partial charge in [0.25, 0.3) is 0 Å². The smallest absolute Gasteiger partial charge is 0.0798 e. The molecule has 1 aromatic heterocycles. The molecule has 1 aliphatic rings. The van der Waals surface area contributed by atoms with E-state index in [0.717, 1.165) is 12.5 Å². The van der Waals surface area contributed by atoms with Gasteiger partial charge in [-0.2, -0.15) is 0 Å². The van der Waals surface area contributed by atoms with E-state index in [1.54, 1.807) is 11.3 Å². The number of thiazole rings is 1. The van der Waals surface area contributed by atoms with Gasteiger partial charge in [0.2, 0.25) is 0 Å². The van der Waals surface area contributed by atoms with Crippen molar-refractivity contribution in [3.8, 4) is 0 Å². The van der Waals surface area contributed by atoms with Crippen LogP contribution in [0.25, 0.3) is 0 Å². The van der Waals surface area contributed by atoms with Crippen molar-refractivity contribution in [3.05, 3.63) is 52.0 Å². The Morgan fingerprint density at radius 2 is 2.15 bits per heavy atom. The maximum Gasteiger partial charge on any atom is 0.0798 e. The highest BCUT2D eigenvalue weighted by Gasteiger charge is 2.44. The van der Waals surface area contributed by atoms with Crippen molar-refractivity contribution < 1.29 is 0 Å². The summed E-state index contributed by atoms with van der Waals surface area (Å²) < 4.78 is 0. The number of aromatic nitrogens is 1. The van der Waals surface area contributed by atoms with Gasteiger partial charge in [0.05, 0.1) is 11.2 Å². The molecule has 2 aromatic rings. The highest BCUT2D eigenvalue weighted by molar-refractivity contribution is 7.09. The third-order valence-corrected chi connectivity index (χ3v) is 5.19. The largest absolute Gasteiger partial charge is 0.309 e. The molecule has 1 fully saturated rings. The van der Waals surface area contributed by atoms with Crippen LogP contribution in [0, 0.1) is 12.8 Å². The van der Waals surface area contributed by atoms with E-state index in [9.17, 15) is 0 Å². The monoisotopic (exact) mass is 286 g/mol. The molecule has 0 spiro atoms. The van der Waals surface area contributed by atoms with Crippen LogP contribution in [0.5, 0.6) is 0 Å². The fourth-order valence-electron chi connectivity index (χ4n) is 3.01. The van der Waals surface area contributed by atoms with Gasteiger partial charge >= 0.3 is 0 Å². The number of nitrogens with one attached hydrogen (secondary N) is 1. The second-order valence-corrected chi connectivity index (χ2v) is 6.54. The lowest BCUT2D eigenvalue weighted by Gasteiger charge is -2.18. The van der Waals surface area contributed by atoms with Crippen LogP contribution in [-0.2, 0) is 0 Å². The molecule has 0 aliphatic heterocycles. The average molecular weight is 286 g/mol. The van der Waals surface area contributed by atoms with Gasteiger partial charge in [-0.3, -0.25) is 0 Å². The summed E-state index contributed by atoms with van der Waals surface area (Å²) >= 11 is 1.80. The Morgan fingerprint density at radius 1 is 1.35 bits per heavy atom. The van der Waals surface area contributed by atoms with E-state index in [0.29, 0.717) is 12.0 Å². The third kappa shape index (κ3) is 2.79. The minimum absolute atomic E-state index is 0.479. The van der Waals surface area contributed by atoms with Crippen molar-refractivity contribution in [3.63, 3.8) is 0 Å². The zero-order valence-corrected chi connectivity index (χ0v) is 13.0. The normalized spacial score (nSPS) is 22.7. The second-order valence-electron chi connectivity index (χ2n) is 5.65. The van der Waals surface area contributed by atoms with Gasteiger partial charge in [-0.25, -0.2) is 4.98 Å². The molecule has 3 atom stereocenters. The van der Waals surface area contributed by atoms with Gasteiger partial charge in [-0.05, 0) is 43.7 Å². The van der Waals surface area contributed by atoms with Crippen molar-refractivity contribution >= 4 is 11.3 Å². The van der Waals surface area contributed by atoms with Crippen LogP contribution in [0.2, 0.25) is 0 Å². The number of aryl methyl sites for hydroxylation is 1. The van der Waals surface area contributed by atoms with Crippen molar-refractivity contribution in [2.45, 2.75) is 38.6 Å². The molecule has 106 valence electrons. The Labute approximate surface area is 125 Å². The van der Waals surface area contributed by atoms with Crippen molar-refractivity contribution in [1.29, 1.82) is 0 Å². The fraction of sp³-hybridized carbons (Fsp3) is 0.471. The number of benzene rings is 1. The van der Waals surface area contributed by atoms with Gasteiger partial charge in [0, 0.05) is 10.9 Å². The van der Waals surface area contributed by atoms with E-state index in [-0.39, 0.29) is 0 Å². The summed E-state index contributed by atoms with van der Waals surface area (Å²) in [4.78, 5) is 5.86. The molecule has 20 heavy (non-hydrogen) atoms. The molecule has 2 nitrogen and oxygen atoms in total. The Balaban J connectivity index is 1.77. The number of hydrogen-bond acceptors (Lipinski definition) is 3. The molecule has 1 aromatic carbocycles. The van der Waals surface area contributed by atoms with E-state index < -0.39 is 0 Å². The Morgan fingerprint density at radius 3 is 2.80 bits per heavy atom. The van der Waals surface area contributed by atoms with Crippen LogP contribution in [0.15, 0.2) is 35.8 Å². The summed E-state index contributed by atoms with van der Waals surface area (Å²) in [5.74, 6) is 1.44. The summed E-state index contributed by atoms with van der Waals surface area (Å²) in [7, 11) is 0. The molecule has 1 N–H and O–H groups in total. The quantitative estimate of drug-likeness (QED) is 0.856. The summed E-state index contributed by atoms with van der Waals surface area (Å²) in [6, 6.07) is 11.4. The molecule has 3 heteroatoms. The Bertz CT molecular complexity index is 549. The molecule has 1 saturated carbocycles. The van der Waals surface area contributed by atoms with Gasteiger partial charge in [0.15, 0.2) is 0 Å². The summed E-state index contributed by atoms with van der Waals surface area (Å²) in [5.41, 5.74) is 4.66. The van der Waals surface area contributed by atoms with E-state index in [2.05, 4.69) is 54.5 Å². The lowest BCUT2D eigenvalue weighted by atomic mass is 10.0. The first-order valence-corrected chi connectivity index (χ1v) is 8.37. The zero-order chi connectivity index (χ0) is 13.9. The first-order valence-electron chi connectivity index (χ1n) is 7.49. The van der Waals surface area contributed by atoms with E-state index in [1.165, 1.54) is 29.0 Å². The topological polar surface area (TPSA) is 24.9 Å². The van der Waals surface area contributed by atoms with Crippen molar-refractivity contribution in [1.82, 2.24) is 10.3 Å². The number of rotatable bonds is 6. The fourth-order valence-corrected chi connectivity index (χ4v) is 3.97. The molecule has 3 unspecified atom stereocenters. The maximum atomic E-state index is 4.43. The van der Waals surface area contributed by atoms with E-state index >= 15 is 0 Å². The van der Waals surface area contributed by atoms with Gasteiger partial charge in [-0.1, -0.05) is 37.3 Å². The summed E-state index contributed by atoms with van der Waals surface area (Å²) in [6.07, 6.45) is 2.47. The third-order valence-electron chi connectivity index (χ3n) is 4.18. The zero-order valence-electron chi connectivity index (χ0n) is 12.2.